The predicted octanol–water partition coefficient (Wildman–Crippen LogP) is 5.85. The van der Waals surface area contributed by atoms with Gasteiger partial charge in [-0.2, -0.15) is 0 Å². The number of benzene rings is 2. The maximum absolute atomic E-state index is 14.4. The molecule has 0 saturated carbocycles. The SMILES string of the molecule is CCc1cc(SNc2cscn2)c(F)cc1NCc1cc(F)ccc1F. The minimum Gasteiger partial charge on any atom is -0.381 e. The Balaban J connectivity index is 1.74. The van der Waals surface area contributed by atoms with Gasteiger partial charge < -0.3 is 10.0 Å². The van der Waals surface area contributed by atoms with Crippen LogP contribution in [0.3, 0.4) is 0 Å². The van der Waals surface area contributed by atoms with Crippen LogP contribution in [0, 0.1) is 17.5 Å². The Hall–Kier alpha value is -2.19. The molecule has 0 fully saturated rings. The first-order valence-corrected chi connectivity index (χ1v) is 9.64. The Bertz CT molecular complexity index is 886. The minimum atomic E-state index is -0.509. The molecule has 0 unspecified atom stereocenters. The first-order valence-electron chi connectivity index (χ1n) is 7.88. The topological polar surface area (TPSA) is 37.0 Å². The van der Waals surface area contributed by atoms with Crippen LogP contribution in [0.5, 0.6) is 0 Å². The lowest BCUT2D eigenvalue weighted by Gasteiger charge is -2.14. The second-order valence-electron chi connectivity index (χ2n) is 5.46. The molecule has 0 spiro atoms. The van der Waals surface area contributed by atoms with Crippen molar-refractivity contribution in [2.24, 2.45) is 0 Å². The summed E-state index contributed by atoms with van der Waals surface area (Å²) < 4.78 is 44.4. The molecule has 1 heterocycles. The van der Waals surface area contributed by atoms with Gasteiger partial charge in [0.1, 0.15) is 23.3 Å². The highest BCUT2D eigenvalue weighted by molar-refractivity contribution is 8.00. The molecule has 0 saturated heterocycles. The van der Waals surface area contributed by atoms with Gasteiger partial charge in [0.05, 0.1) is 10.4 Å². The van der Waals surface area contributed by atoms with Gasteiger partial charge in [-0.3, -0.25) is 0 Å². The largest absolute Gasteiger partial charge is 0.381 e. The lowest BCUT2D eigenvalue weighted by Crippen LogP contribution is -2.05. The van der Waals surface area contributed by atoms with Crippen molar-refractivity contribution in [1.29, 1.82) is 0 Å². The van der Waals surface area contributed by atoms with Crippen LogP contribution in [-0.2, 0) is 13.0 Å². The second kappa shape index (κ2) is 8.46. The fourth-order valence-electron chi connectivity index (χ4n) is 2.37. The standard InChI is InChI=1S/C18H16F3N3S2/c1-2-11-6-17(26-24-18-9-25-10-23-18)15(21)7-16(11)22-8-12-5-13(19)3-4-14(12)20/h3-7,9-10,22,24H,2,8H2,1H3. The third-order valence-corrected chi connectivity index (χ3v) is 5.14. The molecule has 8 heteroatoms. The number of anilines is 2. The summed E-state index contributed by atoms with van der Waals surface area (Å²) in [5, 5.41) is 4.83. The second-order valence-corrected chi connectivity index (χ2v) is 7.03. The van der Waals surface area contributed by atoms with Gasteiger partial charge in [-0.1, -0.05) is 6.92 Å². The summed E-state index contributed by atoms with van der Waals surface area (Å²) in [6.45, 7) is 2.02. The van der Waals surface area contributed by atoms with E-state index in [4.69, 9.17) is 0 Å². The molecule has 2 N–H and O–H groups in total. The number of halogens is 3. The Labute approximate surface area is 157 Å². The van der Waals surface area contributed by atoms with Crippen LogP contribution in [0.4, 0.5) is 24.7 Å². The Morgan fingerprint density at radius 2 is 1.92 bits per heavy atom. The highest BCUT2D eigenvalue weighted by Gasteiger charge is 2.11. The number of thiazole rings is 1. The molecule has 0 radical (unpaired) electrons. The van der Waals surface area contributed by atoms with Crippen molar-refractivity contribution in [3.63, 3.8) is 0 Å². The van der Waals surface area contributed by atoms with Gasteiger partial charge in [-0.15, -0.1) is 11.3 Å². The fraction of sp³-hybridized carbons (Fsp3) is 0.167. The maximum Gasteiger partial charge on any atom is 0.147 e. The lowest BCUT2D eigenvalue weighted by molar-refractivity contribution is 0.587. The summed E-state index contributed by atoms with van der Waals surface area (Å²) >= 11 is 2.59. The zero-order chi connectivity index (χ0) is 18.5. The molecule has 3 nitrogen and oxygen atoms in total. The zero-order valence-electron chi connectivity index (χ0n) is 13.9. The number of aromatic nitrogens is 1. The maximum atomic E-state index is 14.4. The van der Waals surface area contributed by atoms with Gasteiger partial charge in [0.2, 0.25) is 0 Å². The van der Waals surface area contributed by atoms with E-state index in [9.17, 15) is 13.2 Å². The van der Waals surface area contributed by atoms with E-state index in [0.717, 1.165) is 35.7 Å². The average Bonchev–Trinajstić information content (AvgIpc) is 3.15. The van der Waals surface area contributed by atoms with Crippen molar-refractivity contribution in [2.45, 2.75) is 24.8 Å². The number of hydrogen-bond acceptors (Lipinski definition) is 5. The van der Waals surface area contributed by atoms with Gasteiger partial charge in [0.15, 0.2) is 0 Å². The molecule has 0 bridgehead atoms. The van der Waals surface area contributed by atoms with Crippen LogP contribution in [0.1, 0.15) is 18.1 Å². The van der Waals surface area contributed by atoms with Gasteiger partial charge in [0, 0.05) is 23.2 Å². The zero-order valence-corrected chi connectivity index (χ0v) is 15.5. The molecule has 1 aromatic heterocycles. The summed E-state index contributed by atoms with van der Waals surface area (Å²) in [5.74, 6) is -0.750. The van der Waals surface area contributed by atoms with E-state index in [1.165, 1.54) is 17.4 Å². The molecule has 0 amide bonds. The van der Waals surface area contributed by atoms with Crippen LogP contribution in [0.15, 0.2) is 46.1 Å². The molecule has 136 valence electrons. The molecular weight excluding hydrogens is 379 g/mol. The molecule has 0 aliphatic rings. The molecule has 26 heavy (non-hydrogen) atoms. The van der Waals surface area contributed by atoms with E-state index in [0.29, 0.717) is 22.8 Å². The molecule has 0 aliphatic carbocycles. The summed E-state index contributed by atoms with van der Waals surface area (Å²) in [6.07, 6.45) is 0.665. The minimum absolute atomic E-state index is 0.0690. The molecule has 0 atom stereocenters. The van der Waals surface area contributed by atoms with Crippen LogP contribution >= 0.6 is 23.3 Å². The van der Waals surface area contributed by atoms with E-state index in [1.807, 2.05) is 12.3 Å². The highest BCUT2D eigenvalue weighted by atomic mass is 32.2. The number of nitrogens with one attached hydrogen (secondary N) is 2. The third kappa shape index (κ3) is 4.50. The van der Waals surface area contributed by atoms with Crippen LogP contribution in [0.25, 0.3) is 0 Å². The van der Waals surface area contributed by atoms with Crippen LogP contribution < -0.4 is 10.0 Å². The smallest absolute Gasteiger partial charge is 0.147 e. The van der Waals surface area contributed by atoms with Crippen molar-refractivity contribution >= 4 is 34.8 Å². The number of hydrogen-bond donors (Lipinski definition) is 2. The van der Waals surface area contributed by atoms with Crippen molar-refractivity contribution < 1.29 is 13.2 Å². The predicted molar refractivity (Wildman–Crippen MR) is 101 cm³/mol. The summed E-state index contributed by atoms with van der Waals surface area (Å²) in [4.78, 5) is 4.53. The summed E-state index contributed by atoms with van der Waals surface area (Å²) in [7, 11) is 0. The van der Waals surface area contributed by atoms with Crippen LogP contribution in [0.2, 0.25) is 0 Å². The first-order chi connectivity index (χ1) is 12.6. The van der Waals surface area contributed by atoms with E-state index in [-0.39, 0.29) is 12.1 Å². The van der Waals surface area contributed by atoms with Crippen molar-refractivity contribution in [3.8, 4) is 0 Å². The molecule has 3 aromatic rings. The van der Waals surface area contributed by atoms with Crippen molar-refractivity contribution in [3.05, 3.63) is 69.8 Å². The van der Waals surface area contributed by atoms with Gasteiger partial charge in [-0.05, 0) is 54.3 Å². The average molecular weight is 395 g/mol. The lowest BCUT2D eigenvalue weighted by atomic mass is 10.1. The van der Waals surface area contributed by atoms with Gasteiger partial charge >= 0.3 is 0 Å². The van der Waals surface area contributed by atoms with Gasteiger partial charge in [0.25, 0.3) is 0 Å². The number of nitrogens with zero attached hydrogens (tertiary/aromatic N) is 1. The van der Waals surface area contributed by atoms with Gasteiger partial charge in [-0.25, -0.2) is 18.2 Å². The normalized spacial score (nSPS) is 10.8. The Morgan fingerprint density at radius 3 is 2.65 bits per heavy atom. The fourth-order valence-corrected chi connectivity index (χ4v) is 3.61. The monoisotopic (exact) mass is 395 g/mol. The quantitative estimate of drug-likeness (QED) is 0.492. The van der Waals surface area contributed by atoms with Crippen LogP contribution in [-0.4, -0.2) is 4.98 Å². The molecule has 2 aromatic carbocycles. The summed E-state index contributed by atoms with van der Waals surface area (Å²) in [5.41, 5.74) is 3.32. The number of rotatable bonds is 7. The first kappa shape index (κ1) is 18.6. The summed E-state index contributed by atoms with van der Waals surface area (Å²) in [6, 6.07) is 6.39. The van der Waals surface area contributed by atoms with Crippen molar-refractivity contribution in [2.75, 3.05) is 10.0 Å². The van der Waals surface area contributed by atoms with E-state index >= 15 is 0 Å². The third-order valence-electron chi connectivity index (χ3n) is 3.71. The Morgan fingerprint density at radius 1 is 1.08 bits per heavy atom. The Kier molecular flexibility index (Phi) is 6.05. The van der Waals surface area contributed by atoms with Crippen molar-refractivity contribution in [1.82, 2.24) is 4.98 Å². The number of aryl methyl sites for hydroxylation is 1. The van der Waals surface area contributed by atoms with E-state index in [1.54, 1.807) is 11.6 Å². The van der Waals surface area contributed by atoms with E-state index in [2.05, 4.69) is 15.0 Å². The highest BCUT2D eigenvalue weighted by Crippen LogP contribution is 2.29. The molecular formula is C18H16F3N3S2. The molecule has 3 rings (SSSR count). The van der Waals surface area contributed by atoms with E-state index < -0.39 is 17.5 Å². The molecule has 0 aliphatic heterocycles.